The maximum Gasteiger partial charge on any atom is 0.305 e. The van der Waals surface area contributed by atoms with Gasteiger partial charge in [-0.2, -0.15) is 4.39 Å². The Morgan fingerprint density at radius 3 is 2.75 bits per heavy atom. The zero-order valence-corrected chi connectivity index (χ0v) is 10.4. The van der Waals surface area contributed by atoms with Gasteiger partial charge >= 0.3 is 5.69 Å². The Morgan fingerprint density at radius 2 is 2.15 bits per heavy atom. The second-order valence-corrected chi connectivity index (χ2v) is 4.48. The maximum atomic E-state index is 13.2. The van der Waals surface area contributed by atoms with Gasteiger partial charge in [0.15, 0.2) is 0 Å². The molecule has 0 radical (unpaired) electrons. The molecule has 0 saturated carbocycles. The van der Waals surface area contributed by atoms with Crippen LogP contribution in [0.2, 0.25) is 0 Å². The Hall–Kier alpha value is -2.51. The van der Waals surface area contributed by atoms with Crippen LogP contribution in [0.5, 0.6) is 0 Å². The normalized spacial score (nSPS) is 18.1. The number of nitro groups is 1. The molecule has 7 nitrogen and oxygen atoms in total. The third-order valence-corrected chi connectivity index (χ3v) is 3.23. The van der Waals surface area contributed by atoms with Crippen molar-refractivity contribution < 1.29 is 18.9 Å². The highest BCUT2D eigenvalue weighted by atomic mass is 19.1. The summed E-state index contributed by atoms with van der Waals surface area (Å²) >= 11 is 0. The van der Waals surface area contributed by atoms with Crippen LogP contribution < -0.4 is 5.73 Å². The van der Waals surface area contributed by atoms with E-state index in [1.165, 1.54) is 4.90 Å². The van der Waals surface area contributed by atoms with Crippen molar-refractivity contribution in [1.29, 1.82) is 0 Å². The van der Waals surface area contributed by atoms with Crippen molar-refractivity contribution in [3.63, 3.8) is 0 Å². The monoisotopic (exact) mass is 281 g/mol. The lowest BCUT2D eigenvalue weighted by Crippen LogP contribution is -2.43. The molecular weight excluding hydrogens is 269 g/mol. The highest BCUT2D eigenvalue weighted by Gasteiger charge is 2.33. The number of nitrogens with two attached hydrogens (primary N) is 1. The molecule has 1 aliphatic heterocycles. The van der Waals surface area contributed by atoms with Gasteiger partial charge in [-0.1, -0.05) is 0 Å². The van der Waals surface area contributed by atoms with Gasteiger partial charge in [-0.3, -0.25) is 19.7 Å². The van der Waals surface area contributed by atoms with Crippen molar-refractivity contribution in [3.05, 3.63) is 39.7 Å². The van der Waals surface area contributed by atoms with E-state index in [0.29, 0.717) is 19.4 Å². The van der Waals surface area contributed by atoms with Crippen LogP contribution in [0, 0.1) is 15.9 Å². The van der Waals surface area contributed by atoms with E-state index in [-0.39, 0.29) is 5.56 Å². The van der Waals surface area contributed by atoms with Crippen molar-refractivity contribution in [1.82, 2.24) is 4.90 Å². The number of carbonyl (C=O) groups is 2. The number of likely N-dealkylation sites (tertiary alicyclic amines) is 1. The highest BCUT2D eigenvalue weighted by molar-refractivity contribution is 5.98. The lowest BCUT2D eigenvalue weighted by Gasteiger charge is -2.22. The molecule has 0 spiro atoms. The van der Waals surface area contributed by atoms with Crippen LogP contribution in [0.3, 0.4) is 0 Å². The average molecular weight is 281 g/mol. The summed E-state index contributed by atoms with van der Waals surface area (Å²) in [6.07, 6.45) is 1.09. The minimum Gasteiger partial charge on any atom is -0.368 e. The number of nitrogens with zero attached hydrogens (tertiary/aromatic N) is 2. The van der Waals surface area contributed by atoms with Gasteiger partial charge in [-0.05, 0) is 25.0 Å². The average Bonchev–Trinajstić information content (AvgIpc) is 2.87. The quantitative estimate of drug-likeness (QED) is 0.653. The minimum atomic E-state index is -1.01. The molecule has 8 heteroatoms. The summed E-state index contributed by atoms with van der Waals surface area (Å²) < 4.78 is 13.2. The predicted octanol–water partition coefficient (Wildman–Crippen LogP) is 0.824. The molecule has 2 rings (SSSR count). The van der Waals surface area contributed by atoms with Crippen molar-refractivity contribution in [2.75, 3.05) is 6.54 Å². The van der Waals surface area contributed by atoms with Crippen LogP contribution in [0.1, 0.15) is 23.2 Å². The van der Waals surface area contributed by atoms with E-state index in [4.69, 9.17) is 5.73 Å². The van der Waals surface area contributed by atoms with Gasteiger partial charge in [-0.15, -0.1) is 0 Å². The largest absolute Gasteiger partial charge is 0.368 e. The van der Waals surface area contributed by atoms with Crippen LogP contribution >= 0.6 is 0 Å². The highest BCUT2D eigenvalue weighted by Crippen LogP contribution is 2.23. The first-order chi connectivity index (χ1) is 9.41. The van der Waals surface area contributed by atoms with Gasteiger partial charge in [0, 0.05) is 18.2 Å². The number of primary amides is 1. The summed E-state index contributed by atoms with van der Waals surface area (Å²) in [5.41, 5.74) is 4.40. The van der Waals surface area contributed by atoms with Gasteiger partial charge in [-0.25, -0.2) is 0 Å². The Kier molecular flexibility index (Phi) is 3.64. The van der Waals surface area contributed by atoms with Gasteiger partial charge in [0.1, 0.15) is 6.04 Å². The zero-order chi connectivity index (χ0) is 14.9. The third-order valence-electron chi connectivity index (χ3n) is 3.23. The van der Waals surface area contributed by atoms with Crippen LogP contribution in [-0.2, 0) is 4.79 Å². The maximum absolute atomic E-state index is 13.2. The molecule has 1 fully saturated rings. The molecule has 0 aromatic heterocycles. The fraction of sp³-hybridized carbons (Fsp3) is 0.333. The molecule has 1 saturated heterocycles. The molecular formula is C12H12FN3O4. The molecule has 1 aromatic rings. The molecule has 106 valence electrons. The van der Waals surface area contributed by atoms with Crippen molar-refractivity contribution in [2.45, 2.75) is 18.9 Å². The first-order valence-corrected chi connectivity index (χ1v) is 5.96. The summed E-state index contributed by atoms with van der Waals surface area (Å²) in [4.78, 5) is 34.5. The van der Waals surface area contributed by atoms with E-state index >= 15 is 0 Å². The Balaban J connectivity index is 2.32. The van der Waals surface area contributed by atoms with Crippen LogP contribution in [0.15, 0.2) is 18.2 Å². The lowest BCUT2D eigenvalue weighted by molar-refractivity contribution is -0.387. The molecule has 20 heavy (non-hydrogen) atoms. The minimum absolute atomic E-state index is 0.0359. The predicted molar refractivity (Wildman–Crippen MR) is 66.3 cm³/mol. The van der Waals surface area contributed by atoms with E-state index in [2.05, 4.69) is 0 Å². The number of rotatable bonds is 3. The molecule has 1 aromatic carbocycles. The van der Waals surface area contributed by atoms with Crippen LogP contribution in [-0.4, -0.2) is 34.2 Å². The standard InChI is InChI=1S/C12H12FN3O4/c13-8-4-3-7(6-10(8)16(19)20)12(18)15-5-1-2-9(15)11(14)17/h3-4,6,9H,1-2,5H2,(H2,14,17). The van der Waals surface area contributed by atoms with Gasteiger partial charge < -0.3 is 10.6 Å². The van der Waals surface area contributed by atoms with E-state index in [9.17, 15) is 24.1 Å². The smallest absolute Gasteiger partial charge is 0.305 e. The fourth-order valence-corrected chi connectivity index (χ4v) is 2.26. The summed E-state index contributed by atoms with van der Waals surface area (Å²) in [6, 6.07) is 2.17. The summed E-state index contributed by atoms with van der Waals surface area (Å²) in [5.74, 6) is -2.19. The molecule has 0 bridgehead atoms. The topological polar surface area (TPSA) is 107 Å². The van der Waals surface area contributed by atoms with Crippen molar-refractivity contribution in [2.24, 2.45) is 5.73 Å². The van der Waals surface area contributed by atoms with Crippen LogP contribution in [0.25, 0.3) is 0 Å². The van der Waals surface area contributed by atoms with E-state index in [1.807, 2.05) is 0 Å². The van der Waals surface area contributed by atoms with Crippen molar-refractivity contribution >= 4 is 17.5 Å². The number of benzene rings is 1. The molecule has 1 heterocycles. The zero-order valence-electron chi connectivity index (χ0n) is 10.4. The second-order valence-electron chi connectivity index (χ2n) is 4.48. The molecule has 1 aliphatic rings. The van der Waals surface area contributed by atoms with E-state index in [0.717, 1.165) is 18.2 Å². The van der Waals surface area contributed by atoms with Gasteiger partial charge in [0.05, 0.1) is 4.92 Å². The number of halogens is 1. The number of carbonyl (C=O) groups excluding carboxylic acids is 2. The van der Waals surface area contributed by atoms with E-state index in [1.54, 1.807) is 0 Å². The molecule has 2 amide bonds. The molecule has 1 unspecified atom stereocenters. The Bertz CT molecular complexity index is 590. The lowest BCUT2D eigenvalue weighted by atomic mass is 10.1. The third kappa shape index (κ3) is 2.44. The second kappa shape index (κ2) is 5.24. The van der Waals surface area contributed by atoms with Gasteiger partial charge in [0.2, 0.25) is 11.7 Å². The summed E-state index contributed by atoms with van der Waals surface area (Å²) in [5, 5.41) is 10.7. The number of amides is 2. The summed E-state index contributed by atoms with van der Waals surface area (Å²) in [7, 11) is 0. The number of nitro benzene ring substituents is 1. The first-order valence-electron chi connectivity index (χ1n) is 5.96. The SMILES string of the molecule is NC(=O)C1CCCN1C(=O)c1ccc(F)c([N+](=O)[O-])c1. The van der Waals surface area contributed by atoms with E-state index < -0.39 is 34.3 Å². The summed E-state index contributed by atoms with van der Waals surface area (Å²) in [6.45, 7) is 0.345. The fourth-order valence-electron chi connectivity index (χ4n) is 2.26. The van der Waals surface area contributed by atoms with Gasteiger partial charge in [0.25, 0.3) is 5.91 Å². The molecule has 1 atom stereocenters. The van der Waals surface area contributed by atoms with Crippen LogP contribution in [0.4, 0.5) is 10.1 Å². The molecule has 0 aliphatic carbocycles. The number of hydrogen-bond acceptors (Lipinski definition) is 4. The first kappa shape index (κ1) is 13.9. The Labute approximate surface area is 113 Å². The van der Waals surface area contributed by atoms with Crippen molar-refractivity contribution in [3.8, 4) is 0 Å². The Morgan fingerprint density at radius 1 is 1.45 bits per heavy atom. The number of hydrogen-bond donors (Lipinski definition) is 1. The molecule has 2 N–H and O–H groups in total.